The van der Waals surface area contributed by atoms with Crippen LogP contribution in [0.2, 0.25) is 0 Å². The molecule has 1 heterocycles. The number of anilines is 1. The van der Waals surface area contributed by atoms with Crippen molar-refractivity contribution in [2.75, 3.05) is 12.4 Å². The fourth-order valence-corrected chi connectivity index (χ4v) is 1.52. The number of halogens is 1. The Bertz CT molecular complexity index is 403. The van der Waals surface area contributed by atoms with Crippen LogP contribution in [-0.4, -0.2) is 28.1 Å². The predicted octanol–water partition coefficient (Wildman–Crippen LogP) is 1.64. The third-order valence-electron chi connectivity index (χ3n) is 1.32. The third-order valence-corrected chi connectivity index (χ3v) is 2.29. The molecule has 0 saturated carbocycles. The molecule has 0 amide bonds. The number of aromatic amines is 1. The van der Waals surface area contributed by atoms with Gasteiger partial charge in [0.05, 0.1) is 4.47 Å². The summed E-state index contributed by atoms with van der Waals surface area (Å²) in [4.78, 5) is 17.0. The Morgan fingerprint density at radius 3 is 2.85 bits per heavy atom. The van der Waals surface area contributed by atoms with Gasteiger partial charge in [-0.25, -0.2) is 9.78 Å². The van der Waals surface area contributed by atoms with Crippen LogP contribution in [0, 0.1) is 4.77 Å². The van der Waals surface area contributed by atoms with E-state index < -0.39 is 5.97 Å². The van der Waals surface area contributed by atoms with Gasteiger partial charge in [0.15, 0.2) is 4.77 Å². The van der Waals surface area contributed by atoms with Crippen LogP contribution in [0.3, 0.4) is 0 Å². The third kappa shape index (κ3) is 2.04. The lowest BCUT2D eigenvalue weighted by Gasteiger charge is -2.04. The van der Waals surface area contributed by atoms with Crippen LogP contribution in [0.15, 0.2) is 4.47 Å². The van der Waals surface area contributed by atoms with E-state index in [1.807, 2.05) is 0 Å². The van der Waals surface area contributed by atoms with Gasteiger partial charge in [-0.3, -0.25) is 0 Å². The maximum absolute atomic E-state index is 10.7. The first-order valence-corrected chi connectivity index (χ1v) is 4.47. The zero-order valence-electron chi connectivity index (χ0n) is 6.59. The van der Waals surface area contributed by atoms with Crippen molar-refractivity contribution < 1.29 is 9.90 Å². The van der Waals surface area contributed by atoms with Crippen molar-refractivity contribution in [2.45, 2.75) is 0 Å². The molecule has 0 unspecified atom stereocenters. The molecule has 0 saturated heterocycles. The molecule has 0 fully saturated rings. The van der Waals surface area contributed by atoms with E-state index in [0.29, 0.717) is 10.3 Å². The molecule has 0 spiro atoms. The van der Waals surface area contributed by atoms with E-state index in [-0.39, 0.29) is 10.5 Å². The Kier molecular flexibility index (Phi) is 2.99. The summed E-state index contributed by atoms with van der Waals surface area (Å²) in [5, 5.41) is 11.5. The maximum Gasteiger partial charge on any atom is 0.353 e. The Labute approximate surface area is 87.3 Å². The van der Waals surface area contributed by atoms with Crippen molar-refractivity contribution in [1.29, 1.82) is 0 Å². The van der Waals surface area contributed by atoms with Crippen LogP contribution in [0.1, 0.15) is 10.5 Å². The van der Waals surface area contributed by atoms with Crippen LogP contribution in [-0.2, 0) is 0 Å². The maximum atomic E-state index is 10.7. The van der Waals surface area contributed by atoms with Gasteiger partial charge < -0.3 is 15.4 Å². The fraction of sp³-hybridized carbons (Fsp3) is 0.167. The summed E-state index contributed by atoms with van der Waals surface area (Å²) in [6.45, 7) is 0. The molecule has 0 aromatic carbocycles. The standard InChI is InChI=1S/C6H6BrN3O2S/c1-8-4-2(7)3(5(11)12)9-6(13)10-4/h1H3,(H,11,12)(H2,8,9,10,13). The zero-order chi connectivity index (χ0) is 10.0. The van der Waals surface area contributed by atoms with Crippen molar-refractivity contribution in [2.24, 2.45) is 0 Å². The van der Waals surface area contributed by atoms with E-state index in [2.05, 4.69) is 31.2 Å². The minimum Gasteiger partial charge on any atom is -0.477 e. The van der Waals surface area contributed by atoms with Gasteiger partial charge in [-0.2, -0.15) is 0 Å². The topological polar surface area (TPSA) is 78.0 Å². The van der Waals surface area contributed by atoms with Crippen LogP contribution < -0.4 is 5.32 Å². The number of hydrogen-bond donors (Lipinski definition) is 3. The van der Waals surface area contributed by atoms with E-state index >= 15 is 0 Å². The summed E-state index contributed by atoms with van der Waals surface area (Å²) in [5.41, 5.74) is -0.00986. The van der Waals surface area contributed by atoms with Crippen molar-refractivity contribution in [3.05, 3.63) is 14.9 Å². The second-order valence-electron chi connectivity index (χ2n) is 2.13. The molecule has 70 valence electrons. The fourth-order valence-electron chi connectivity index (χ4n) is 0.772. The van der Waals surface area contributed by atoms with Crippen molar-refractivity contribution in [3.8, 4) is 0 Å². The molecule has 0 aliphatic rings. The molecule has 5 nitrogen and oxygen atoms in total. The molecule has 1 rings (SSSR count). The molecule has 0 radical (unpaired) electrons. The predicted molar refractivity (Wildman–Crippen MR) is 53.6 cm³/mol. The number of rotatable bonds is 2. The number of carboxylic acids is 1. The first-order valence-electron chi connectivity index (χ1n) is 3.27. The average Bonchev–Trinajstić information content (AvgIpc) is 2.08. The number of nitrogens with one attached hydrogen (secondary N) is 2. The molecular formula is C6H6BrN3O2S. The Balaban J connectivity index is 3.44. The Morgan fingerprint density at radius 1 is 1.77 bits per heavy atom. The monoisotopic (exact) mass is 263 g/mol. The lowest BCUT2D eigenvalue weighted by molar-refractivity contribution is 0.0689. The smallest absolute Gasteiger partial charge is 0.353 e. The van der Waals surface area contributed by atoms with Gasteiger partial charge in [-0.1, -0.05) is 0 Å². The second-order valence-corrected chi connectivity index (χ2v) is 3.31. The number of aromatic nitrogens is 2. The van der Waals surface area contributed by atoms with Crippen molar-refractivity contribution in [3.63, 3.8) is 0 Å². The molecular weight excluding hydrogens is 258 g/mol. The quantitative estimate of drug-likeness (QED) is 0.708. The zero-order valence-corrected chi connectivity index (χ0v) is 8.99. The molecule has 1 aromatic rings. The number of carboxylic acid groups (broad SMARTS) is 1. The van der Waals surface area contributed by atoms with E-state index in [0.717, 1.165) is 0 Å². The normalized spacial score (nSPS) is 9.69. The van der Waals surface area contributed by atoms with Crippen LogP contribution in [0.25, 0.3) is 0 Å². The van der Waals surface area contributed by atoms with Crippen LogP contribution in [0.4, 0.5) is 5.82 Å². The van der Waals surface area contributed by atoms with Gasteiger partial charge in [0.2, 0.25) is 0 Å². The molecule has 0 bridgehead atoms. The number of nitrogens with zero attached hydrogens (tertiary/aromatic N) is 1. The summed E-state index contributed by atoms with van der Waals surface area (Å²) in [5.74, 6) is -0.682. The first kappa shape index (κ1) is 10.1. The molecule has 0 atom stereocenters. The molecule has 1 aromatic heterocycles. The van der Waals surface area contributed by atoms with Gasteiger partial charge in [-0.15, -0.1) is 0 Å². The Morgan fingerprint density at radius 2 is 2.38 bits per heavy atom. The van der Waals surface area contributed by atoms with Crippen molar-refractivity contribution >= 4 is 39.9 Å². The summed E-state index contributed by atoms with van der Waals surface area (Å²) in [6.07, 6.45) is 0. The summed E-state index contributed by atoms with van der Waals surface area (Å²) in [7, 11) is 1.63. The van der Waals surface area contributed by atoms with Gasteiger partial charge in [0.25, 0.3) is 0 Å². The van der Waals surface area contributed by atoms with Gasteiger partial charge in [-0.05, 0) is 28.1 Å². The van der Waals surface area contributed by atoms with Gasteiger partial charge in [0, 0.05) is 7.05 Å². The summed E-state index contributed by atoms with van der Waals surface area (Å²) < 4.78 is 0.487. The first-order chi connectivity index (χ1) is 6.06. The largest absolute Gasteiger partial charge is 0.477 e. The van der Waals surface area contributed by atoms with Gasteiger partial charge in [0.1, 0.15) is 11.5 Å². The summed E-state index contributed by atoms with van der Waals surface area (Å²) >= 11 is 7.83. The molecule has 7 heteroatoms. The lowest BCUT2D eigenvalue weighted by atomic mass is 10.4. The number of H-pyrrole nitrogens is 1. The lowest BCUT2D eigenvalue weighted by Crippen LogP contribution is -2.06. The van der Waals surface area contributed by atoms with E-state index in [4.69, 9.17) is 17.3 Å². The number of aromatic carboxylic acids is 1. The molecule has 0 aliphatic heterocycles. The highest BCUT2D eigenvalue weighted by molar-refractivity contribution is 9.10. The Hall–Kier alpha value is -0.950. The summed E-state index contributed by atoms with van der Waals surface area (Å²) in [6, 6.07) is 0. The number of hydrogen-bond acceptors (Lipinski definition) is 4. The highest BCUT2D eigenvalue weighted by Gasteiger charge is 2.13. The SMILES string of the molecule is CNc1nc(=S)[nH]c(C(=O)O)c1Br. The van der Waals surface area contributed by atoms with E-state index in [9.17, 15) is 4.79 Å². The molecule has 0 aliphatic carbocycles. The molecule has 13 heavy (non-hydrogen) atoms. The minimum atomic E-state index is -1.09. The highest BCUT2D eigenvalue weighted by Crippen LogP contribution is 2.22. The van der Waals surface area contributed by atoms with Crippen LogP contribution >= 0.6 is 28.1 Å². The van der Waals surface area contributed by atoms with E-state index in [1.165, 1.54) is 0 Å². The highest BCUT2D eigenvalue weighted by atomic mass is 79.9. The van der Waals surface area contributed by atoms with Crippen LogP contribution in [0.5, 0.6) is 0 Å². The minimum absolute atomic E-state index is 0.00986. The number of carbonyl (C=O) groups is 1. The van der Waals surface area contributed by atoms with Crippen molar-refractivity contribution in [1.82, 2.24) is 9.97 Å². The second kappa shape index (κ2) is 3.84. The van der Waals surface area contributed by atoms with E-state index in [1.54, 1.807) is 7.05 Å². The molecule has 3 N–H and O–H groups in total. The average molecular weight is 264 g/mol. The van der Waals surface area contributed by atoms with Gasteiger partial charge >= 0.3 is 5.97 Å².